The molecule has 0 aromatic carbocycles. The van der Waals surface area contributed by atoms with Crippen LogP contribution in [-0.4, -0.2) is 80.6 Å². The van der Waals surface area contributed by atoms with E-state index in [1.54, 1.807) is 12.4 Å². The first-order valence-electron chi connectivity index (χ1n) is 8.51. The Bertz CT molecular complexity index is 560. The van der Waals surface area contributed by atoms with Gasteiger partial charge < -0.3 is 29.4 Å². The van der Waals surface area contributed by atoms with Gasteiger partial charge in [0.2, 0.25) is 12.1 Å². The van der Waals surface area contributed by atoms with Crippen molar-refractivity contribution in [1.82, 2.24) is 0 Å². The molecule has 26 heavy (non-hydrogen) atoms. The van der Waals surface area contributed by atoms with Gasteiger partial charge in [-0.25, -0.2) is 9.48 Å². The highest BCUT2D eigenvalue weighted by Gasteiger charge is 2.53. The monoisotopic (exact) mass is 498 g/mol. The molecular formula is C16H24Br2N2O6. The molecule has 4 aliphatic heterocycles. The van der Waals surface area contributed by atoms with Crippen LogP contribution >= 0.6 is 31.9 Å². The van der Waals surface area contributed by atoms with E-state index in [4.69, 9.17) is 18.9 Å². The van der Waals surface area contributed by atoms with Gasteiger partial charge in [-0.2, -0.15) is 0 Å². The molecule has 148 valence electrons. The highest BCUT2D eigenvalue weighted by molar-refractivity contribution is 9.09. The summed E-state index contributed by atoms with van der Waals surface area (Å²) in [7, 11) is 0. The summed E-state index contributed by atoms with van der Waals surface area (Å²) in [6.07, 6.45) is 2.46. The highest BCUT2D eigenvalue weighted by Crippen LogP contribution is 2.34. The van der Waals surface area contributed by atoms with Gasteiger partial charge in [-0.05, 0) is 27.7 Å². The minimum absolute atomic E-state index is 0.133. The molecule has 2 saturated heterocycles. The van der Waals surface area contributed by atoms with Crippen LogP contribution < -0.4 is 0 Å². The van der Waals surface area contributed by atoms with E-state index < -0.39 is 11.6 Å². The third-order valence-corrected chi connectivity index (χ3v) is 5.97. The Hall–Kier alpha value is -0.260. The fourth-order valence-corrected chi connectivity index (χ4v) is 4.88. The second-order valence-electron chi connectivity index (χ2n) is 7.59. The fourth-order valence-electron chi connectivity index (χ4n) is 3.57. The lowest BCUT2D eigenvalue weighted by atomic mass is 10.1. The van der Waals surface area contributed by atoms with Gasteiger partial charge in [0.05, 0.1) is 10.7 Å². The lowest BCUT2D eigenvalue weighted by Gasteiger charge is -2.20. The minimum atomic E-state index is -0.562. The van der Waals surface area contributed by atoms with Crippen molar-refractivity contribution in [3.8, 4) is 0 Å². The van der Waals surface area contributed by atoms with E-state index in [1.165, 1.54) is 0 Å². The zero-order valence-corrected chi connectivity index (χ0v) is 18.3. The maximum absolute atomic E-state index is 11.3. The summed E-state index contributed by atoms with van der Waals surface area (Å²) in [6, 6.07) is -0.321. The third-order valence-electron chi connectivity index (χ3n) is 4.64. The summed E-state index contributed by atoms with van der Waals surface area (Å²) in [4.78, 5) is 0. The Morgan fingerprint density at radius 3 is 1.42 bits per heavy atom. The number of alkyl halides is 2. The molecule has 0 unspecified atom stereocenters. The van der Waals surface area contributed by atoms with Gasteiger partial charge in [0, 0.05) is 0 Å². The molecule has 4 aliphatic rings. The average Bonchev–Trinajstić information content (AvgIpc) is 3.13. The van der Waals surface area contributed by atoms with Crippen LogP contribution in [0.4, 0.5) is 0 Å². The predicted octanol–water partition coefficient (Wildman–Crippen LogP) is 1.73. The number of halogens is 2. The molecule has 0 aromatic rings. The van der Waals surface area contributed by atoms with Crippen molar-refractivity contribution in [1.29, 1.82) is 0 Å². The average molecular weight is 500 g/mol. The van der Waals surface area contributed by atoms with Gasteiger partial charge in [-0.15, -0.1) is 0 Å². The summed E-state index contributed by atoms with van der Waals surface area (Å²) < 4.78 is 24.1. The van der Waals surface area contributed by atoms with Crippen LogP contribution in [0.5, 0.6) is 0 Å². The quantitative estimate of drug-likeness (QED) is 0.326. The van der Waals surface area contributed by atoms with Crippen LogP contribution in [0.3, 0.4) is 0 Å². The summed E-state index contributed by atoms with van der Waals surface area (Å²) >= 11 is 6.59. The summed E-state index contributed by atoms with van der Waals surface area (Å²) in [6.45, 7) is 7.44. The second-order valence-corrected chi connectivity index (χ2v) is 8.89. The van der Waals surface area contributed by atoms with Crippen molar-refractivity contribution in [3.63, 3.8) is 0 Å². The zero-order valence-electron chi connectivity index (χ0n) is 15.1. The number of hydrogen-bond acceptors (Lipinski definition) is 6. The first kappa shape index (κ1) is 20.5. The van der Waals surface area contributed by atoms with Crippen molar-refractivity contribution in [2.24, 2.45) is 0 Å². The predicted molar refractivity (Wildman–Crippen MR) is 102 cm³/mol. The molecule has 0 amide bonds. The van der Waals surface area contributed by atoms with Crippen LogP contribution in [0.1, 0.15) is 27.7 Å². The van der Waals surface area contributed by atoms with E-state index in [0.717, 1.165) is 9.48 Å². The molecule has 0 bridgehead atoms. The molecule has 2 fully saturated rings. The van der Waals surface area contributed by atoms with Crippen LogP contribution in [-0.2, 0) is 18.9 Å². The highest BCUT2D eigenvalue weighted by atomic mass is 79.9. The van der Waals surface area contributed by atoms with Crippen molar-refractivity contribution >= 4 is 44.3 Å². The van der Waals surface area contributed by atoms with E-state index >= 15 is 0 Å². The fraction of sp³-hybridized carbons (Fsp3) is 0.875. The third kappa shape index (κ3) is 3.95. The molecular weight excluding hydrogens is 476 g/mol. The molecule has 4 heterocycles. The molecule has 0 aliphatic carbocycles. The largest absolute Gasteiger partial charge is 0.624 e. The van der Waals surface area contributed by atoms with E-state index in [9.17, 15) is 10.4 Å². The van der Waals surface area contributed by atoms with Crippen LogP contribution in [0.2, 0.25) is 0 Å². The SMILES string of the molecule is CC1(C)O[C@H]2[C@H](C=[N+]([O-])[C@H]2CBr)O1.CC1(C)O[C@H]2[C@H](C=[N+]([O-])[C@H]2CBr)O1. The topological polar surface area (TPSA) is 89.1 Å². The number of nitrogens with zero attached hydrogens (tertiary/aromatic N) is 2. The first-order chi connectivity index (χ1) is 12.1. The maximum Gasteiger partial charge on any atom is 0.201 e. The van der Waals surface area contributed by atoms with Crippen molar-refractivity contribution in [2.75, 3.05) is 10.7 Å². The van der Waals surface area contributed by atoms with Gasteiger partial charge in [0.15, 0.2) is 48.4 Å². The van der Waals surface area contributed by atoms with Crippen molar-refractivity contribution in [2.45, 2.75) is 75.8 Å². The molecule has 0 N–H and O–H groups in total. The van der Waals surface area contributed by atoms with Gasteiger partial charge in [-0.3, -0.25) is 0 Å². The Kier molecular flexibility index (Phi) is 5.74. The molecule has 8 nitrogen and oxygen atoms in total. The molecule has 6 atom stereocenters. The lowest BCUT2D eigenvalue weighted by Crippen LogP contribution is -2.35. The van der Waals surface area contributed by atoms with Crippen molar-refractivity contribution < 1.29 is 28.4 Å². The molecule has 10 heteroatoms. The van der Waals surface area contributed by atoms with Crippen LogP contribution in [0, 0.1) is 10.4 Å². The van der Waals surface area contributed by atoms with Gasteiger partial charge in [0.25, 0.3) is 0 Å². The first-order valence-corrected chi connectivity index (χ1v) is 10.8. The van der Waals surface area contributed by atoms with E-state index in [0.29, 0.717) is 10.7 Å². The zero-order chi connectivity index (χ0) is 19.3. The Labute approximate surface area is 169 Å². The van der Waals surface area contributed by atoms with E-state index in [1.807, 2.05) is 27.7 Å². The molecule has 0 spiro atoms. The lowest BCUT2D eigenvalue weighted by molar-refractivity contribution is -0.494. The van der Waals surface area contributed by atoms with Gasteiger partial charge >= 0.3 is 0 Å². The van der Waals surface area contributed by atoms with Crippen LogP contribution in [0.15, 0.2) is 0 Å². The second kappa shape index (κ2) is 7.29. The summed E-state index contributed by atoms with van der Waals surface area (Å²) in [5.74, 6) is -1.12. The number of fused-ring (bicyclic) bond motifs is 2. The van der Waals surface area contributed by atoms with Crippen LogP contribution in [0.25, 0.3) is 0 Å². The molecule has 0 saturated carbocycles. The number of ether oxygens (including phenoxy) is 4. The maximum atomic E-state index is 11.3. The molecule has 0 radical (unpaired) electrons. The standard InChI is InChI=1S/2C8H12BrNO3/c2*1-8(2)12-6-4-10(11)5(3-9)7(6)13-8/h2*4-7H,3H2,1-2H3/t2*5-,6-,7+/m00/s1. The van der Waals surface area contributed by atoms with E-state index in [-0.39, 0.29) is 36.5 Å². The number of rotatable bonds is 2. The summed E-state index contributed by atoms with van der Waals surface area (Å²) in [5.41, 5.74) is 0. The molecule has 0 aromatic heterocycles. The Balaban J connectivity index is 0.000000151. The smallest absolute Gasteiger partial charge is 0.201 e. The Morgan fingerprint density at radius 1 is 0.769 bits per heavy atom. The normalized spacial score (nSPS) is 41.8. The molecule has 4 rings (SSSR count). The number of hydrogen-bond donors (Lipinski definition) is 0. The van der Waals surface area contributed by atoms with Gasteiger partial charge in [0.1, 0.15) is 0 Å². The number of hydroxylamine groups is 2. The van der Waals surface area contributed by atoms with Gasteiger partial charge in [-0.1, -0.05) is 31.9 Å². The summed E-state index contributed by atoms with van der Waals surface area (Å²) in [5, 5.41) is 23.8. The minimum Gasteiger partial charge on any atom is -0.624 e. The van der Waals surface area contributed by atoms with Crippen molar-refractivity contribution in [3.05, 3.63) is 10.4 Å². The Morgan fingerprint density at radius 2 is 1.12 bits per heavy atom. The van der Waals surface area contributed by atoms with E-state index in [2.05, 4.69) is 31.9 Å².